The van der Waals surface area contributed by atoms with Crippen molar-refractivity contribution < 1.29 is 0 Å². The maximum absolute atomic E-state index is 3.70. The van der Waals surface area contributed by atoms with Crippen molar-refractivity contribution in [1.29, 1.82) is 0 Å². The number of likely N-dealkylation sites (tertiary alicyclic amines) is 1. The Labute approximate surface area is 88.1 Å². The Morgan fingerprint density at radius 2 is 2.07 bits per heavy atom. The normalized spacial score (nSPS) is 28.9. The molecule has 2 rings (SSSR count). The largest absolute Gasteiger partial charge is 0.313 e. The van der Waals surface area contributed by atoms with Crippen LogP contribution in [0.4, 0.5) is 0 Å². The van der Waals surface area contributed by atoms with Gasteiger partial charge in [0.25, 0.3) is 0 Å². The van der Waals surface area contributed by atoms with Crippen molar-refractivity contribution in [3.8, 4) is 0 Å². The van der Waals surface area contributed by atoms with E-state index in [4.69, 9.17) is 0 Å². The molecule has 1 atom stereocenters. The highest BCUT2D eigenvalue weighted by atomic mass is 15.2. The van der Waals surface area contributed by atoms with Crippen LogP contribution in [0.1, 0.15) is 39.5 Å². The van der Waals surface area contributed by atoms with Crippen molar-refractivity contribution >= 4 is 0 Å². The van der Waals surface area contributed by atoms with E-state index in [-0.39, 0.29) is 0 Å². The second kappa shape index (κ2) is 4.63. The molecule has 0 aromatic rings. The fourth-order valence-corrected chi connectivity index (χ4v) is 2.32. The van der Waals surface area contributed by atoms with E-state index in [1.54, 1.807) is 0 Å². The van der Waals surface area contributed by atoms with Gasteiger partial charge in [0.1, 0.15) is 0 Å². The molecule has 1 unspecified atom stereocenters. The summed E-state index contributed by atoms with van der Waals surface area (Å²) in [7, 11) is 0. The molecule has 2 nitrogen and oxygen atoms in total. The van der Waals surface area contributed by atoms with Crippen molar-refractivity contribution in [2.45, 2.75) is 51.6 Å². The lowest BCUT2D eigenvalue weighted by atomic mass is 10.2. The number of nitrogens with zero attached hydrogens (tertiary/aromatic N) is 1. The van der Waals surface area contributed by atoms with Gasteiger partial charge in [0.2, 0.25) is 0 Å². The van der Waals surface area contributed by atoms with Gasteiger partial charge in [-0.25, -0.2) is 0 Å². The zero-order valence-corrected chi connectivity index (χ0v) is 9.63. The average molecular weight is 196 g/mol. The molecule has 2 fully saturated rings. The molecule has 1 heterocycles. The molecule has 1 saturated heterocycles. The van der Waals surface area contributed by atoms with Gasteiger partial charge in [0.15, 0.2) is 0 Å². The molecule has 1 aliphatic heterocycles. The molecule has 2 heteroatoms. The second-order valence-electron chi connectivity index (χ2n) is 5.26. The van der Waals surface area contributed by atoms with Crippen molar-refractivity contribution in [1.82, 2.24) is 10.2 Å². The fourth-order valence-electron chi connectivity index (χ4n) is 2.32. The quantitative estimate of drug-likeness (QED) is 0.722. The summed E-state index contributed by atoms with van der Waals surface area (Å²) in [5, 5.41) is 3.70. The molecule has 0 radical (unpaired) electrons. The first-order valence-electron chi connectivity index (χ1n) is 6.23. The van der Waals surface area contributed by atoms with Gasteiger partial charge in [-0.1, -0.05) is 12.8 Å². The van der Waals surface area contributed by atoms with E-state index >= 15 is 0 Å². The van der Waals surface area contributed by atoms with E-state index in [9.17, 15) is 0 Å². The zero-order valence-electron chi connectivity index (χ0n) is 9.63. The van der Waals surface area contributed by atoms with Crippen LogP contribution < -0.4 is 5.32 Å². The van der Waals surface area contributed by atoms with E-state index in [0.717, 1.165) is 18.0 Å². The summed E-state index contributed by atoms with van der Waals surface area (Å²) >= 11 is 0. The van der Waals surface area contributed by atoms with Crippen LogP contribution in [0.5, 0.6) is 0 Å². The topological polar surface area (TPSA) is 15.3 Å². The molecule has 1 aliphatic carbocycles. The predicted octanol–water partition coefficient (Wildman–Crippen LogP) is 1.86. The molecule has 1 saturated carbocycles. The summed E-state index contributed by atoms with van der Waals surface area (Å²) < 4.78 is 0. The molecule has 0 amide bonds. The summed E-state index contributed by atoms with van der Waals surface area (Å²) in [4.78, 5) is 2.58. The van der Waals surface area contributed by atoms with Gasteiger partial charge < -0.3 is 5.32 Å². The van der Waals surface area contributed by atoms with E-state index in [1.807, 2.05) is 0 Å². The molecule has 0 bridgehead atoms. The van der Waals surface area contributed by atoms with Crippen LogP contribution >= 0.6 is 0 Å². The summed E-state index contributed by atoms with van der Waals surface area (Å²) in [6.45, 7) is 8.40. The molecule has 82 valence electrons. The number of hydrogen-bond donors (Lipinski definition) is 1. The Balaban J connectivity index is 1.58. The lowest BCUT2D eigenvalue weighted by molar-refractivity contribution is 0.268. The Bertz CT molecular complexity index is 175. The monoisotopic (exact) mass is 196 g/mol. The van der Waals surface area contributed by atoms with Gasteiger partial charge in [-0.3, -0.25) is 4.90 Å². The van der Waals surface area contributed by atoms with Gasteiger partial charge in [-0.15, -0.1) is 0 Å². The van der Waals surface area contributed by atoms with E-state index in [0.29, 0.717) is 0 Å². The minimum Gasteiger partial charge on any atom is -0.313 e. The van der Waals surface area contributed by atoms with Gasteiger partial charge in [0.05, 0.1) is 0 Å². The average Bonchev–Trinajstić information content (AvgIpc) is 2.82. The first-order chi connectivity index (χ1) is 6.75. The first-order valence-corrected chi connectivity index (χ1v) is 6.23. The van der Waals surface area contributed by atoms with Crippen molar-refractivity contribution in [3.63, 3.8) is 0 Å². The minimum atomic E-state index is 0.727. The van der Waals surface area contributed by atoms with E-state index < -0.39 is 0 Å². The lowest BCUT2D eigenvalue weighted by Gasteiger charge is -2.20. The third-order valence-corrected chi connectivity index (χ3v) is 3.63. The standard InChI is InChI=1S/C12H24N2/c1-10(2)14-8-6-12(9-14)13-7-5-11-3-4-11/h10-13H,3-9H2,1-2H3. The SMILES string of the molecule is CC(C)N1CCC(NCCC2CC2)C1. The van der Waals surface area contributed by atoms with Crippen molar-refractivity contribution in [3.05, 3.63) is 0 Å². The second-order valence-corrected chi connectivity index (χ2v) is 5.26. The van der Waals surface area contributed by atoms with Crippen LogP contribution in [-0.4, -0.2) is 36.6 Å². The Hall–Kier alpha value is -0.0800. The molecule has 0 aromatic carbocycles. The molecule has 14 heavy (non-hydrogen) atoms. The van der Waals surface area contributed by atoms with Crippen LogP contribution in [0, 0.1) is 5.92 Å². The van der Waals surface area contributed by atoms with Crippen molar-refractivity contribution in [2.75, 3.05) is 19.6 Å². The van der Waals surface area contributed by atoms with E-state index in [1.165, 1.54) is 45.3 Å². The van der Waals surface area contributed by atoms with Crippen molar-refractivity contribution in [2.24, 2.45) is 5.92 Å². The van der Waals surface area contributed by atoms with Gasteiger partial charge in [-0.2, -0.15) is 0 Å². The fraction of sp³-hybridized carbons (Fsp3) is 1.00. The van der Waals surface area contributed by atoms with Gasteiger partial charge in [-0.05, 0) is 45.7 Å². The number of rotatable bonds is 5. The van der Waals surface area contributed by atoms with Crippen LogP contribution in [-0.2, 0) is 0 Å². The molecule has 0 aromatic heterocycles. The number of hydrogen-bond acceptors (Lipinski definition) is 2. The highest BCUT2D eigenvalue weighted by Crippen LogP contribution is 2.31. The first kappa shape index (κ1) is 10.4. The molecule has 1 N–H and O–H groups in total. The third-order valence-electron chi connectivity index (χ3n) is 3.63. The van der Waals surface area contributed by atoms with Crippen LogP contribution in [0.3, 0.4) is 0 Å². The Kier molecular flexibility index (Phi) is 3.45. The highest BCUT2D eigenvalue weighted by Gasteiger charge is 2.25. The molecule has 0 spiro atoms. The lowest BCUT2D eigenvalue weighted by Crippen LogP contribution is -2.35. The smallest absolute Gasteiger partial charge is 0.0207 e. The van der Waals surface area contributed by atoms with E-state index in [2.05, 4.69) is 24.1 Å². The highest BCUT2D eigenvalue weighted by molar-refractivity contribution is 4.83. The molecular formula is C12H24N2. The van der Waals surface area contributed by atoms with Crippen LogP contribution in [0.25, 0.3) is 0 Å². The van der Waals surface area contributed by atoms with Crippen LogP contribution in [0.2, 0.25) is 0 Å². The maximum Gasteiger partial charge on any atom is 0.0207 e. The van der Waals surface area contributed by atoms with Gasteiger partial charge >= 0.3 is 0 Å². The Morgan fingerprint density at radius 1 is 1.29 bits per heavy atom. The number of nitrogens with one attached hydrogen (secondary N) is 1. The molecule has 2 aliphatic rings. The Morgan fingerprint density at radius 3 is 2.64 bits per heavy atom. The summed E-state index contributed by atoms with van der Waals surface area (Å²) in [6.07, 6.45) is 5.75. The molecular weight excluding hydrogens is 172 g/mol. The summed E-state index contributed by atoms with van der Waals surface area (Å²) in [5.74, 6) is 1.07. The summed E-state index contributed by atoms with van der Waals surface area (Å²) in [6, 6.07) is 1.50. The predicted molar refractivity (Wildman–Crippen MR) is 60.5 cm³/mol. The van der Waals surface area contributed by atoms with Gasteiger partial charge in [0, 0.05) is 18.6 Å². The maximum atomic E-state index is 3.70. The zero-order chi connectivity index (χ0) is 9.97. The minimum absolute atomic E-state index is 0.727. The third kappa shape index (κ3) is 2.96. The van der Waals surface area contributed by atoms with Crippen LogP contribution in [0.15, 0.2) is 0 Å². The summed E-state index contributed by atoms with van der Waals surface area (Å²) in [5.41, 5.74) is 0.